The Bertz CT molecular complexity index is 403. The van der Waals surface area contributed by atoms with E-state index < -0.39 is 0 Å². The van der Waals surface area contributed by atoms with Crippen molar-refractivity contribution in [3.63, 3.8) is 0 Å². The van der Waals surface area contributed by atoms with E-state index in [1.807, 2.05) is 36.4 Å². The molecule has 1 N–H and O–H groups in total. The molecule has 0 spiro atoms. The number of hydrogen-bond donors (Lipinski definition) is 1. The fourth-order valence-corrected chi connectivity index (χ4v) is 1.97. The van der Waals surface area contributed by atoms with Crippen LogP contribution in [0.15, 0.2) is 4.79 Å². The van der Waals surface area contributed by atoms with Gasteiger partial charge >= 0.3 is 0 Å². The summed E-state index contributed by atoms with van der Waals surface area (Å²) in [4.78, 5) is 18.9. The van der Waals surface area contributed by atoms with Crippen molar-refractivity contribution >= 4 is 22.6 Å². The molecular formula is C11H17IN2O2. The molecule has 0 aliphatic carbocycles. The summed E-state index contributed by atoms with van der Waals surface area (Å²) in [5, 5.41) is 0. The molecule has 0 saturated heterocycles. The summed E-state index contributed by atoms with van der Waals surface area (Å²) in [6.45, 7) is 6.50. The zero-order valence-corrected chi connectivity index (χ0v) is 12.0. The van der Waals surface area contributed by atoms with Gasteiger partial charge in [0, 0.05) is 6.61 Å². The average molecular weight is 336 g/mol. The lowest BCUT2D eigenvalue weighted by Gasteiger charge is -2.12. The largest absolute Gasteiger partial charge is 0.371 e. The molecule has 90 valence electrons. The Morgan fingerprint density at radius 1 is 1.50 bits per heavy atom. The second kappa shape index (κ2) is 6.34. The van der Waals surface area contributed by atoms with E-state index in [2.05, 4.69) is 16.9 Å². The van der Waals surface area contributed by atoms with Crippen molar-refractivity contribution in [1.29, 1.82) is 0 Å². The number of hydrogen-bond acceptors (Lipinski definition) is 3. The Balaban J connectivity index is 3.08. The maximum atomic E-state index is 11.7. The number of halogens is 1. The van der Waals surface area contributed by atoms with Gasteiger partial charge in [-0.15, -0.1) is 0 Å². The number of nitrogens with zero attached hydrogens (tertiary/aromatic N) is 1. The number of aryl methyl sites for hydroxylation is 1. The van der Waals surface area contributed by atoms with E-state index in [0.717, 1.165) is 18.5 Å². The zero-order valence-electron chi connectivity index (χ0n) is 9.84. The minimum Gasteiger partial charge on any atom is -0.371 e. The van der Waals surface area contributed by atoms with Gasteiger partial charge in [-0.2, -0.15) is 0 Å². The van der Waals surface area contributed by atoms with Crippen LogP contribution in [0.3, 0.4) is 0 Å². The summed E-state index contributed by atoms with van der Waals surface area (Å²) in [6.07, 6.45) is 1.65. The molecule has 4 nitrogen and oxygen atoms in total. The number of ether oxygens (including phenoxy) is 1. The highest BCUT2D eigenvalue weighted by atomic mass is 127. The van der Waals surface area contributed by atoms with Crippen LogP contribution in [0.4, 0.5) is 0 Å². The maximum Gasteiger partial charge on any atom is 0.264 e. The predicted molar refractivity (Wildman–Crippen MR) is 71.6 cm³/mol. The average Bonchev–Trinajstić information content (AvgIpc) is 2.25. The van der Waals surface area contributed by atoms with E-state index in [0.29, 0.717) is 16.0 Å². The van der Waals surface area contributed by atoms with Gasteiger partial charge in [-0.25, -0.2) is 4.98 Å². The third-order valence-corrected chi connectivity index (χ3v) is 3.35. The Labute approximate surface area is 109 Å². The molecule has 5 heteroatoms. The van der Waals surface area contributed by atoms with E-state index >= 15 is 0 Å². The first-order valence-electron chi connectivity index (χ1n) is 5.50. The lowest BCUT2D eigenvalue weighted by atomic mass is 10.2. The van der Waals surface area contributed by atoms with Gasteiger partial charge < -0.3 is 9.72 Å². The van der Waals surface area contributed by atoms with Crippen LogP contribution < -0.4 is 5.56 Å². The summed E-state index contributed by atoms with van der Waals surface area (Å²) < 4.78 is 6.11. The molecule has 0 fully saturated rings. The molecule has 1 unspecified atom stereocenters. The molecule has 1 rings (SSSR count). The highest BCUT2D eigenvalue weighted by Crippen LogP contribution is 2.14. The van der Waals surface area contributed by atoms with Crippen LogP contribution in [0.25, 0.3) is 0 Å². The lowest BCUT2D eigenvalue weighted by molar-refractivity contribution is 0.0696. The third kappa shape index (κ3) is 3.28. The molecule has 0 radical (unpaired) electrons. The molecule has 1 atom stereocenters. The van der Waals surface area contributed by atoms with Crippen molar-refractivity contribution in [1.82, 2.24) is 9.97 Å². The van der Waals surface area contributed by atoms with E-state index in [1.165, 1.54) is 0 Å². The summed E-state index contributed by atoms with van der Waals surface area (Å²) in [7, 11) is 0. The highest BCUT2D eigenvalue weighted by molar-refractivity contribution is 14.1. The van der Waals surface area contributed by atoms with Gasteiger partial charge in [0.1, 0.15) is 11.9 Å². The summed E-state index contributed by atoms with van der Waals surface area (Å²) in [5.41, 5.74) is 0.800. The van der Waals surface area contributed by atoms with Gasteiger partial charge in [-0.05, 0) is 42.9 Å². The third-order valence-electron chi connectivity index (χ3n) is 2.24. The Morgan fingerprint density at radius 3 is 2.75 bits per heavy atom. The second-order valence-corrected chi connectivity index (χ2v) is 4.64. The molecule has 0 saturated carbocycles. The molecule has 1 aromatic heterocycles. The molecule has 0 aromatic carbocycles. The monoisotopic (exact) mass is 336 g/mol. The van der Waals surface area contributed by atoms with Gasteiger partial charge in [0.2, 0.25) is 0 Å². The number of rotatable bonds is 5. The minimum absolute atomic E-state index is 0.0689. The van der Waals surface area contributed by atoms with E-state index in [4.69, 9.17) is 4.74 Å². The Hall–Kier alpha value is -0.430. The van der Waals surface area contributed by atoms with Crippen molar-refractivity contribution in [3.8, 4) is 0 Å². The fraction of sp³-hybridized carbons (Fsp3) is 0.636. The van der Waals surface area contributed by atoms with E-state index in [9.17, 15) is 4.79 Å². The lowest BCUT2D eigenvalue weighted by Crippen LogP contribution is -2.20. The van der Waals surface area contributed by atoms with Crippen LogP contribution in [0, 0.1) is 3.57 Å². The first-order valence-corrected chi connectivity index (χ1v) is 6.58. The van der Waals surface area contributed by atoms with Crippen LogP contribution >= 0.6 is 22.6 Å². The molecule has 1 aromatic rings. The fourth-order valence-electron chi connectivity index (χ4n) is 1.45. The highest BCUT2D eigenvalue weighted by Gasteiger charge is 2.13. The Morgan fingerprint density at radius 2 is 2.19 bits per heavy atom. The van der Waals surface area contributed by atoms with Gasteiger partial charge in [0.05, 0.1) is 9.26 Å². The summed E-state index contributed by atoms with van der Waals surface area (Å²) >= 11 is 2.04. The van der Waals surface area contributed by atoms with Gasteiger partial charge in [0.25, 0.3) is 5.56 Å². The van der Waals surface area contributed by atoms with E-state index in [-0.39, 0.29) is 11.7 Å². The summed E-state index contributed by atoms with van der Waals surface area (Å²) in [6, 6.07) is 0. The maximum absolute atomic E-state index is 11.7. The van der Waals surface area contributed by atoms with Crippen molar-refractivity contribution < 1.29 is 4.74 Å². The predicted octanol–water partition coefficient (Wildman–Crippen LogP) is 2.42. The quantitative estimate of drug-likeness (QED) is 0.841. The number of nitrogens with one attached hydrogen (secondary N) is 1. The van der Waals surface area contributed by atoms with Crippen LogP contribution in [-0.4, -0.2) is 16.6 Å². The topological polar surface area (TPSA) is 55.0 Å². The first-order chi connectivity index (χ1) is 7.60. The zero-order chi connectivity index (χ0) is 12.1. The van der Waals surface area contributed by atoms with Crippen LogP contribution in [0.2, 0.25) is 0 Å². The van der Waals surface area contributed by atoms with Crippen molar-refractivity contribution in [2.45, 2.75) is 39.7 Å². The number of aromatic amines is 1. The molecule has 0 aliphatic heterocycles. The number of aromatic nitrogens is 2. The molecule has 1 heterocycles. The number of H-pyrrole nitrogens is 1. The van der Waals surface area contributed by atoms with Gasteiger partial charge in [-0.1, -0.05) is 13.3 Å². The van der Waals surface area contributed by atoms with Gasteiger partial charge in [-0.3, -0.25) is 4.79 Å². The minimum atomic E-state index is -0.162. The van der Waals surface area contributed by atoms with Gasteiger partial charge in [0.15, 0.2) is 0 Å². The van der Waals surface area contributed by atoms with Crippen LogP contribution in [0.5, 0.6) is 0 Å². The summed E-state index contributed by atoms with van der Waals surface area (Å²) in [5.74, 6) is 0.621. The second-order valence-electron chi connectivity index (χ2n) is 3.56. The van der Waals surface area contributed by atoms with Crippen molar-refractivity contribution in [2.24, 2.45) is 0 Å². The van der Waals surface area contributed by atoms with Crippen molar-refractivity contribution in [2.75, 3.05) is 6.61 Å². The normalized spacial score (nSPS) is 12.8. The Kier molecular flexibility index (Phi) is 5.40. The molecule has 0 amide bonds. The molecular weight excluding hydrogens is 319 g/mol. The first kappa shape index (κ1) is 13.6. The molecule has 0 aliphatic rings. The van der Waals surface area contributed by atoms with Crippen LogP contribution in [-0.2, 0) is 11.2 Å². The smallest absolute Gasteiger partial charge is 0.264 e. The van der Waals surface area contributed by atoms with E-state index in [1.54, 1.807) is 0 Å². The van der Waals surface area contributed by atoms with Crippen LogP contribution in [0.1, 0.15) is 44.8 Å². The molecule has 16 heavy (non-hydrogen) atoms. The molecule has 0 bridgehead atoms. The standard InChI is InChI=1S/C11H17IN2O2/c1-4-6-8-9(12)11(15)14-10(13-8)7(3)16-5-2/h7H,4-6H2,1-3H3,(H,13,14,15). The van der Waals surface area contributed by atoms with Crippen molar-refractivity contribution in [3.05, 3.63) is 25.4 Å². The SMILES string of the molecule is CCCc1nc(C(C)OCC)[nH]c(=O)c1I.